The van der Waals surface area contributed by atoms with Gasteiger partial charge in [0.25, 0.3) is 0 Å². The first-order chi connectivity index (χ1) is 12.0. The van der Waals surface area contributed by atoms with Crippen molar-refractivity contribution in [1.82, 2.24) is 19.8 Å². The number of aromatic nitrogens is 2. The second-order valence-corrected chi connectivity index (χ2v) is 6.98. The third-order valence-electron chi connectivity index (χ3n) is 4.55. The van der Waals surface area contributed by atoms with Crippen LogP contribution in [-0.2, 0) is 11.8 Å². The Morgan fingerprint density at radius 3 is 2.92 bits per heavy atom. The molecule has 1 aromatic heterocycles. The summed E-state index contributed by atoms with van der Waals surface area (Å²) >= 11 is 6.30. The van der Waals surface area contributed by atoms with E-state index >= 15 is 0 Å². The molecule has 1 amide bonds. The number of rotatable bonds is 4. The second kappa shape index (κ2) is 7.56. The van der Waals surface area contributed by atoms with Crippen LogP contribution < -0.4 is 10.6 Å². The first-order valence-electron chi connectivity index (χ1n) is 8.44. The van der Waals surface area contributed by atoms with E-state index < -0.39 is 0 Å². The summed E-state index contributed by atoms with van der Waals surface area (Å²) in [4.78, 5) is 19.2. The highest BCUT2D eigenvalue weighted by Gasteiger charge is 2.28. The molecule has 1 unspecified atom stereocenters. The van der Waals surface area contributed by atoms with Crippen molar-refractivity contribution < 1.29 is 4.79 Å². The van der Waals surface area contributed by atoms with Crippen LogP contribution in [0, 0.1) is 13.8 Å². The molecule has 6 nitrogen and oxygen atoms in total. The molecule has 1 aliphatic heterocycles. The number of halogens is 1. The third-order valence-corrected chi connectivity index (χ3v) is 4.85. The number of carbonyl (C=O) groups excluding carboxylic acids is 1. The summed E-state index contributed by atoms with van der Waals surface area (Å²) in [6.45, 7) is 6.69. The summed E-state index contributed by atoms with van der Waals surface area (Å²) < 4.78 is 2.00. The van der Waals surface area contributed by atoms with Crippen LogP contribution in [0.1, 0.15) is 23.0 Å². The van der Waals surface area contributed by atoms with Gasteiger partial charge in [0.2, 0.25) is 5.91 Å². The molecular weight excluding hydrogens is 338 g/mol. The highest BCUT2D eigenvalue weighted by atomic mass is 35.5. The Morgan fingerprint density at radius 1 is 1.44 bits per heavy atom. The number of anilines is 1. The highest BCUT2D eigenvalue weighted by molar-refractivity contribution is 6.34. The summed E-state index contributed by atoms with van der Waals surface area (Å²) in [7, 11) is 1.98. The molecule has 0 bridgehead atoms. The average Bonchev–Trinajstić information content (AvgIpc) is 2.97. The molecule has 25 heavy (non-hydrogen) atoms. The van der Waals surface area contributed by atoms with Crippen molar-refractivity contribution in [2.24, 2.45) is 7.05 Å². The average molecular weight is 362 g/mol. The number of benzene rings is 1. The normalized spacial score (nSPS) is 18.3. The van der Waals surface area contributed by atoms with E-state index in [0.717, 1.165) is 36.6 Å². The van der Waals surface area contributed by atoms with E-state index in [-0.39, 0.29) is 11.9 Å². The summed E-state index contributed by atoms with van der Waals surface area (Å²) in [5, 5.41) is 6.93. The molecule has 0 aliphatic carbocycles. The van der Waals surface area contributed by atoms with Crippen molar-refractivity contribution in [3.8, 4) is 0 Å². The molecule has 1 saturated heterocycles. The van der Waals surface area contributed by atoms with Crippen LogP contribution in [-0.4, -0.2) is 46.5 Å². The van der Waals surface area contributed by atoms with Crippen LogP contribution in [0.4, 0.5) is 5.69 Å². The van der Waals surface area contributed by atoms with Gasteiger partial charge in [-0.2, -0.15) is 0 Å². The fraction of sp³-hybridized carbons (Fsp3) is 0.444. The minimum Gasteiger partial charge on any atom is -0.337 e. The van der Waals surface area contributed by atoms with Crippen LogP contribution in [0.15, 0.2) is 24.5 Å². The maximum absolute atomic E-state index is 12.6. The molecule has 1 fully saturated rings. The van der Waals surface area contributed by atoms with Crippen molar-refractivity contribution in [2.45, 2.75) is 19.9 Å². The number of carbonyl (C=O) groups is 1. The van der Waals surface area contributed by atoms with E-state index in [2.05, 4.69) is 20.5 Å². The molecular formula is C18H24ClN5O. The number of aryl methyl sites for hydroxylation is 3. The Morgan fingerprint density at radius 2 is 2.24 bits per heavy atom. The van der Waals surface area contributed by atoms with Gasteiger partial charge in [-0.1, -0.05) is 17.7 Å². The zero-order valence-electron chi connectivity index (χ0n) is 14.8. The molecule has 1 aromatic carbocycles. The van der Waals surface area contributed by atoms with Crippen molar-refractivity contribution in [2.75, 3.05) is 31.5 Å². The van der Waals surface area contributed by atoms with Gasteiger partial charge in [-0.25, -0.2) is 4.98 Å². The van der Waals surface area contributed by atoms with Gasteiger partial charge in [-0.3, -0.25) is 9.69 Å². The monoisotopic (exact) mass is 361 g/mol. The predicted molar refractivity (Wildman–Crippen MR) is 99.9 cm³/mol. The smallest absolute Gasteiger partial charge is 0.238 e. The third kappa shape index (κ3) is 4.03. The Bertz CT molecular complexity index is 750. The first-order valence-corrected chi connectivity index (χ1v) is 8.82. The quantitative estimate of drug-likeness (QED) is 0.877. The molecule has 0 spiro atoms. The van der Waals surface area contributed by atoms with Gasteiger partial charge < -0.3 is 15.2 Å². The molecule has 1 atom stereocenters. The standard InChI is InChI=1S/C18H24ClN5O/c1-12-8-13(2)17(14(19)9-12)22-16(25)11-24-7-4-20-10-15(24)18-21-5-6-23(18)3/h5-6,8-9,15,20H,4,7,10-11H2,1-3H3,(H,22,25). The highest BCUT2D eigenvalue weighted by Crippen LogP contribution is 2.27. The van der Waals surface area contributed by atoms with Crippen molar-refractivity contribution in [1.29, 1.82) is 0 Å². The lowest BCUT2D eigenvalue weighted by molar-refractivity contribution is -0.118. The maximum Gasteiger partial charge on any atom is 0.238 e. The van der Waals surface area contributed by atoms with Crippen LogP contribution >= 0.6 is 11.6 Å². The van der Waals surface area contributed by atoms with Gasteiger partial charge in [-0.15, -0.1) is 0 Å². The fourth-order valence-corrected chi connectivity index (χ4v) is 3.69. The lowest BCUT2D eigenvalue weighted by Gasteiger charge is -2.35. The summed E-state index contributed by atoms with van der Waals surface area (Å²) in [6, 6.07) is 3.96. The number of piperazine rings is 1. The van der Waals surface area contributed by atoms with Gasteiger partial charge in [0.1, 0.15) is 5.82 Å². The Balaban J connectivity index is 1.72. The Labute approximate surface area is 153 Å². The van der Waals surface area contributed by atoms with Crippen molar-refractivity contribution >= 4 is 23.2 Å². The van der Waals surface area contributed by atoms with E-state index in [9.17, 15) is 4.79 Å². The van der Waals surface area contributed by atoms with Crippen LogP contribution in [0.5, 0.6) is 0 Å². The number of nitrogens with zero attached hydrogens (tertiary/aromatic N) is 3. The van der Waals surface area contributed by atoms with E-state index in [1.54, 1.807) is 6.20 Å². The topological polar surface area (TPSA) is 62.2 Å². The maximum atomic E-state index is 12.6. The Kier molecular flexibility index (Phi) is 5.42. The van der Waals surface area contributed by atoms with Crippen LogP contribution in [0.25, 0.3) is 0 Å². The van der Waals surface area contributed by atoms with E-state index in [1.165, 1.54) is 0 Å². The number of hydrogen-bond donors (Lipinski definition) is 2. The van der Waals surface area contributed by atoms with Crippen LogP contribution in [0.2, 0.25) is 5.02 Å². The van der Waals surface area contributed by atoms with Gasteiger partial charge >= 0.3 is 0 Å². The summed E-state index contributed by atoms with van der Waals surface area (Å²) in [5.74, 6) is 0.902. The predicted octanol–water partition coefficient (Wildman–Crippen LogP) is 2.28. The molecule has 2 aromatic rings. The van der Waals surface area contributed by atoms with Gasteiger partial charge in [0, 0.05) is 39.1 Å². The number of imidazole rings is 1. The lowest BCUT2D eigenvalue weighted by atomic mass is 10.1. The van der Waals surface area contributed by atoms with E-state index in [4.69, 9.17) is 11.6 Å². The van der Waals surface area contributed by atoms with Crippen molar-refractivity contribution in [3.05, 3.63) is 46.5 Å². The molecule has 2 heterocycles. The van der Waals surface area contributed by atoms with Crippen LogP contribution in [0.3, 0.4) is 0 Å². The number of nitrogens with one attached hydrogen (secondary N) is 2. The van der Waals surface area contributed by atoms with Gasteiger partial charge in [-0.05, 0) is 31.0 Å². The van der Waals surface area contributed by atoms with Gasteiger partial charge in [0.15, 0.2) is 0 Å². The number of hydrogen-bond acceptors (Lipinski definition) is 4. The van der Waals surface area contributed by atoms with Gasteiger partial charge in [0.05, 0.1) is 23.3 Å². The first kappa shape index (κ1) is 17.9. The molecule has 134 valence electrons. The summed E-state index contributed by atoms with van der Waals surface area (Å²) in [5.41, 5.74) is 2.75. The molecule has 3 rings (SSSR count). The fourth-order valence-electron chi connectivity index (χ4n) is 3.33. The summed E-state index contributed by atoms with van der Waals surface area (Å²) in [6.07, 6.45) is 3.72. The number of amides is 1. The Hall–Kier alpha value is -1.89. The second-order valence-electron chi connectivity index (χ2n) is 6.57. The SMILES string of the molecule is Cc1cc(C)c(NC(=O)CN2CCNCC2c2nccn2C)c(Cl)c1. The zero-order chi connectivity index (χ0) is 18.0. The van der Waals surface area contributed by atoms with E-state index in [0.29, 0.717) is 17.3 Å². The molecule has 0 saturated carbocycles. The molecule has 0 radical (unpaired) electrons. The molecule has 2 N–H and O–H groups in total. The largest absolute Gasteiger partial charge is 0.337 e. The minimum atomic E-state index is -0.0602. The lowest BCUT2D eigenvalue weighted by Crippen LogP contribution is -2.49. The minimum absolute atomic E-state index is 0.0602. The van der Waals surface area contributed by atoms with Crippen molar-refractivity contribution in [3.63, 3.8) is 0 Å². The molecule has 7 heteroatoms. The van der Waals surface area contributed by atoms with E-state index in [1.807, 2.05) is 43.8 Å². The molecule has 1 aliphatic rings. The zero-order valence-corrected chi connectivity index (χ0v) is 15.6.